The van der Waals surface area contributed by atoms with Gasteiger partial charge in [0.05, 0.1) is 18.5 Å². The monoisotopic (exact) mass is 273 g/mol. The van der Waals surface area contributed by atoms with E-state index in [1.807, 2.05) is 12.1 Å². The Bertz CT molecular complexity index is 797. The van der Waals surface area contributed by atoms with Gasteiger partial charge in [0.15, 0.2) is 0 Å². The number of rotatable bonds is 2. The lowest BCUT2D eigenvalue weighted by Gasteiger charge is -2.19. The van der Waals surface area contributed by atoms with Crippen molar-refractivity contribution in [1.82, 2.24) is 0 Å². The topological polar surface area (TPSA) is 21.6 Å². The average Bonchev–Trinajstić information content (AvgIpc) is 2.94. The zero-order valence-electron chi connectivity index (χ0n) is 11.8. The van der Waals surface area contributed by atoms with E-state index in [1.165, 1.54) is 16.7 Å². The molecule has 1 heterocycles. The van der Waals surface area contributed by atoms with E-state index in [4.69, 9.17) is 9.73 Å². The summed E-state index contributed by atoms with van der Waals surface area (Å²) >= 11 is 0. The first-order valence-corrected chi connectivity index (χ1v) is 7.10. The predicted molar refractivity (Wildman–Crippen MR) is 86.5 cm³/mol. The third-order valence-corrected chi connectivity index (χ3v) is 4.00. The highest BCUT2D eigenvalue weighted by Gasteiger charge is 2.30. The van der Waals surface area contributed by atoms with Gasteiger partial charge in [-0.15, -0.1) is 0 Å². The first-order chi connectivity index (χ1) is 10.4. The van der Waals surface area contributed by atoms with Gasteiger partial charge in [-0.05, 0) is 11.6 Å². The molecule has 4 rings (SSSR count). The van der Waals surface area contributed by atoms with Crippen LogP contribution < -0.4 is 0 Å². The summed E-state index contributed by atoms with van der Waals surface area (Å²) in [6.45, 7) is 0. The van der Waals surface area contributed by atoms with Gasteiger partial charge in [0.25, 0.3) is 0 Å². The van der Waals surface area contributed by atoms with E-state index >= 15 is 0 Å². The van der Waals surface area contributed by atoms with Crippen molar-refractivity contribution in [1.29, 1.82) is 0 Å². The minimum Gasteiger partial charge on any atom is -0.500 e. The minimum atomic E-state index is 0.809. The Hall–Kier alpha value is -2.61. The lowest BCUT2D eigenvalue weighted by molar-refractivity contribution is 0.288. The number of hydrogen-bond acceptors (Lipinski definition) is 2. The Labute approximate surface area is 124 Å². The maximum absolute atomic E-state index is 5.60. The van der Waals surface area contributed by atoms with Gasteiger partial charge in [-0.2, -0.15) is 0 Å². The van der Waals surface area contributed by atoms with Crippen LogP contribution in [0.3, 0.4) is 0 Å². The normalized spacial score (nSPS) is 16.0. The third kappa shape index (κ3) is 1.83. The van der Waals surface area contributed by atoms with Crippen LogP contribution >= 0.6 is 0 Å². The largest absolute Gasteiger partial charge is 0.500 e. The second-order valence-corrected chi connectivity index (χ2v) is 5.17. The number of ether oxygens (including phenoxy) is 1. The van der Waals surface area contributed by atoms with Crippen molar-refractivity contribution in [2.75, 3.05) is 7.11 Å². The lowest BCUT2D eigenvalue weighted by atomic mass is 9.87. The third-order valence-electron chi connectivity index (χ3n) is 4.00. The fraction of sp³-hybridized carbons (Fsp3) is 0.105. The van der Waals surface area contributed by atoms with Gasteiger partial charge in [0, 0.05) is 23.1 Å². The molecule has 0 atom stereocenters. The van der Waals surface area contributed by atoms with Crippen LogP contribution in [0.25, 0.3) is 11.1 Å². The van der Waals surface area contributed by atoms with Gasteiger partial charge in [-0.3, -0.25) is 0 Å². The molecule has 0 radical (unpaired) electrons. The smallest absolute Gasteiger partial charge is 0.109 e. The SMILES string of the molecule is COC1=C2C(=Nc3ccccc32)C(c2ccccc2)=CC1. The molecule has 0 fully saturated rings. The molecule has 0 N–H and O–H groups in total. The molecule has 2 aliphatic rings. The molecular weight excluding hydrogens is 258 g/mol. The van der Waals surface area contributed by atoms with Crippen LogP contribution in [0.4, 0.5) is 5.69 Å². The van der Waals surface area contributed by atoms with Crippen LogP contribution in [0.1, 0.15) is 17.5 Å². The molecule has 2 aromatic carbocycles. The predicted octanol–water partition coefficient (Wildman–Crippen LogP) is 4.62. The Morgan fingerprint density at radius 2 is 1.71 bits per heavy atom. The second-order valence-electron chi connectivity index (χ2n) is 5.17. The molecule has 0 bridgehead atoms. The highest BCUT2D eigenvalue weighted by molar-refractivity contribution is 6.48. The van der Waals surface area contributed by atoms with E-state index in [1.54, 1.807) is 7.11 Å². The number of aliphatic imine (C=N–C) groups is 1. The van der Waals surface area contributed by atoms with E-state index in [-0.39, 0.29) is 0 Å². The number of para-hydroxylation sites is 1. The summed E-state index contributed by atoms with van der Waals surface area (Å²) in [5.74, 6) is 0.999. The summed E-state index contributed by atoms with van der Waals surface area (Å²) in [4.78, 5) is 4.84. The molecule has 0 saturated heterocycles. The second kappa shape index (κ2) is 4.74. The zero-order chi connectivity index (χ0) is 14.2. The molecule has 0 unspecified atom stereocenters. The molecule has 0 aromatic heterocycles. The maximum atomic E-state index is 5.60. The Kier molecular flexibility index (Phi) is 2.74. The standard InChI is InChI=1S/C19H15NO/c1-21-17-12-11-14(13-7-3-2-4-8-13)19-18(17)15-9-5-6-10-16(15)20-19/h2-11H,12H2,1H3. The summed E-state index contributed by atoms with van der Waals surface area (Å²) in [6.07, 6.45) is 3.02. The molecule has 0 saturated carbocycles. The molecule has 21 heavy (non-hydrogen) atoms. The summed E-state index contributed by atoms with van der Waals surface area (Å²) in [5, 5.41) is 0. The molecule has 0 amide bonds. The van der Waals surface area contributed by atoms with Crippen LogP contribution in [0, 0.1) is 0 Å². The van der Waals surface area contributed by atoms with Crippen molar-refractivity contribution in [3.63, 3.8) is 0 Å². The quantitative estimate of drug-likeness (QED) is 0.782. The summed E-state index contributed by atoms with van der Waals surface area (Å²) in [7, 11) is 1.74. The van der Waals surface area contributed by atoms with Crippen molar-refractivity contribution in [2.45, 2.75) is 6.42 Å². The summed E-state index contributed by atoms with van der Waals surface area (Å²) in [5.41, 5.74) is 6.78. The van der Waals surface area contributed by atoms with Crippen molar-refractivity contribution in [3.05, 3.63) is 77.6 Å². The number of nitrogens with zero attached hydrogens (tertiary/aromatic N) is 1. The number of benzene rings is 2. The minimum absolute atomic E-state index is 0.809. The van der Waals surface area contributed by atoms with E-state index in [9.17, 15) is 0 Å². The molecule has 2 heteroatoms. The van der Waals surface area contributed by atoms with Gasteiger partial charge >= 0.3 is 0 Å². The lowest BCUT2D eigenvalue weighted by Crippen LogP contribution is -2.10. The molecule has 2 nitrogen and oxygen atoms in total. The Morgan fingerprint density at radius 1 is 0.952 bits per heavy atom. The van der Waals surface area contributed by atoms with Crippen LogP contribution in [-0.2, 0) is 4.74 Å². The van der Waals surface area contributed by atoms with Gasteiger partial charge in [0.2, 0.25) is 0 Å². The highest BCUT2D eigenvalue weighted by atomic mass is 16.5. The van der Waals surface area contributed by atoms with Crippen LogP contribution in [0.2, 0.25) is 0 Å². The summed E-state index contributed by atoms with van der Waals surface area (Å²) < 4.78 is 5.60. The van der Waals surface area contributed by atoms with Crippen LogP contribution in [-0.4, -0.2) is 12.8 Å². The van der Waals surface area contributed by atoms with Crippen molar-refractivity contribution < 1.29 is 4.74 Å². The van der Waals surface area contributed by atoms with Crippen molar-refractivity contribution in [3.8, 4) is 0 Å². The molecule has 0 spiro atoms. The number of allylic oxidation sites excluding steroid dienone is 3. The zero-order valence-corrected chi connectivity index (χ0v) is 11.8. The first kappa shape index (κ1) is 12.2. The fourth-order valence-corrected chi connectivity index (χ4v) is 3.01. The van der Waals surface area contributed by atoms with Gasteiger partial charge in [-0.25, -0.2) is 4.99 Å². The van der Waals surface area contributed by atoms with Crippen molar-refractivity contribution in [2.24, 2.45) is 4.99 Å². The molecule has 102 valence electrons. The molecule has 2 aromatic rings. The molecule has 1 aliphatic carbocycles. The summed E-state index contributed by atoms with van der Waals surface area (Å²) in [6, 6.07) is 18.7. The number of methoxy groups -OCH3 is 1. The van der Waals surface area contributed by atoms with E-state index in [0.29, 0.717) is 0 Å². The Morgan fingerprint density at radius 3 is 2.52 bits per heavy atom. The fourth-order valence-electron chi connectivity index (χ4n) is 3.01. The Balaban J connectivity index is 1.90. The average molecular weight is 273 g/mol. The van der Waals surface area contributed by atoms with Crippen LogP contribution in [0.5, 0.6) is 0 Å². The van der Waals surface area contributed by atoms with Gasteiger partial charge < -0.3 is 4.74 Å². The van der Waals surface area contributed by atoms with E-state index < -0.39 is 0 Å². The van der Waals surface area contributed by atoms with Crippen LogP contribution in [0.15, 0.2) is 71.4 Å². The van der Waals surface area contributed by atoms with Gasteiger partial charge in [0.1, 0.15) is 5.76 Å². The number of fused-ring (bicyclic) bond motifs is 3. The molecular formula is C19H15NO. The number of hydrogen-bond donors (Lipinski definition) is 0. The van der Waals surface area contributed by atoms with E-state index in [2.05, 4.69) is 48.5 Å². The maximum Gasteiger partial charge on any atom is 0.109 e. The first-order valence-electron chi connectivity index (χ1n) is 7.10. The highest BCUT2D eigenvalue weighted by Crippen LogP contribution is 2.44. The van der Waals surface area contributed by atoms with E-state index in [0.717, 1.165) is 29.2 Å². The van der Waals surface area contributed by atoms with Crippen molar-refractivity contribution >= 4 is 22.5 Å². The molecule has 1 aliphatic heterocycles. The van der Waals surface area contributed by atoms with Gasteiger partial charge in [-0.1, -0.05) is 54.6 Å².